The average Bonchev–Trinajstić information content (AvgIpc) is 2.52. The van der Waals surface area contributed by atoms with Crippen LogP contribution in [0.25, 0.3) is 0 Å². The van der Waals surface area contributed by atoms with E-state index in [1.165, 1.54) is 0 Å². The summed E-state index contributed by atoms with van der Waals surface area (Å²) in [5.41, 5.74) is 0.871. The first-order valence-electron chi connectivity index (χ1n) is 4.89. The fraction of sp³-hybridized carbons (Fsp3) is 0.600. The molecule has 0 saturated heterocycles. The number of carboxylic acids is 1. The zero-order valence-corrected chi connectivity index (χ0v) is 9.40. The van der Waals surface area contributed by atoms with Gasteiger partial charge in [-0.05, 0) is 0 Å². The Bertz CT molecular complexity index is 314. The minimum absolute atomic E-state index is 0.370. The van der Waals surface area contributed by atoms with Gasteiger partial charge in [-0.25, -0.2) is 4.98 Å². The van der Waals surface area contributed by atoms with E-state index in [1.54, 1.807) is 12.5 Å². The van der Waals surface area contributed by atoms with E-state index < -0.39 is 5.97 Å². The molecular weight excluding hydrogens is 194 g/mol. The molecule has 0 aliphatic rings. The van der Waals surface area contributed by atoms with E-state index >= 15 is 0 Å². The minimum Gasteiger partial charge on any atom is -0.481 e. The van der Waals surface area contributed by atoms with Gasteiger partial charge in [0, 0.05) is 18.3 Å². The largest absolute Gasteiger partial charge is 0.481 e. The molecule has 5 nitrogen and oxygen atoms in total. The summed E-state index contributed by atoms with van der Waals surface area (Å²) >= 11 is 0. The van der Waals surface area contributed by atoms with Crippen LogP contribution in [0.5, 0.6) is 0 Å². The molecule has 0 aliphatic carbocycles. The van der Waals surface area contributed by atoms with Crippen molar-refractivity contribution >= 4 is 5.97 Å². The molecule has 1 unspecified atom stereocenters. The molecule has 5 heteroatoms. The van der Waals surface area contributed by atoms with Gasteiger partial charge in [-0.3, -0.25) is 4.79 Å². The average molecular weight is 212 g/mol. The van der Waals surface area contributed by atoms with Gasteiger partial charge in [-0.15, -0.1) is 0 Å². The van der Waals surface area contributed by atoms with Gasteiger partial charge in [0.25, 0.3) is 0 Å². The highest BCUT2D eigenvalue weighted by molar-refractivity contribution is 5.70. The third-order valence-electron chi connectivity index (χ3n) is 2.14. The van der Waals surface area contributed by atoms with Crippen LogP contribution in [-0.2, 0) is 11.2 Å². The first-order valence-corrected chi connectivity index (χ1v) is 4.89. The van der Waals surface area contributed by atoms with Gasteiger partial charge in [-0.2, -0.15) is 0 Å². The molecule has 0 saturated carbocycles. The fourth-order valence-corrected chi connectivity index (χ4v) is 1.55. The Morgan fingerprint density at radius 1 is 1.60 bits per heavy atom. The molecule has 1 aromatic heterocycles. The van der Waals surface area contributed by atoms with Crippen LogP contribution in [-0.4, -0.2) is 53.2 Å². The van der Waals surface area contributed by atoms with Crippen molar-refractivity contribution in [2.24, 2.45) is 5.92 Å². The zero-order valence-electron chi connectivity index (χ0n) is 9.40. The van der Waals surface area contributed by atoms with E-state index in [9.17, 15) is 4.79 Å². The molecule has 1 rings (SSSR count). The zero-order chi connectivity index (χ0) is 11.5. The number of hydrogen-bond donors (Lipinski definition) is 2. The highest BCUT2D eigenvalue weighted by atomic mass is 16.4. The van der Waals surface area contributed by atoms with Gasteiger partial charge in [0.05, 0.1) is 34.0 Å². The molecule has 0 aliphatic heterocycles. The second-order valence-corrected chi connectivity index (χ2v) is 4.79. The van der Waals surface area contributed by atoms with Crippen molar-refractivity contribution in [2.45, 2.75) is 6.42 Å². The summed E-state index contributed by atoms with van der Waals surface area (Å²) in [5, 5.41) is 9.09. The number of carbonyl (C=O) groups is 1. The topological polar surface area (TPSA) is 66.0 Å². The number of H-pyrrole nitrogens is 1. The van der Waals surface area contributed by atoms with Crippen LogP contribution in [0.4, 0.5) is 0 Å². The maximum absolute atomic E-state index is 11.1. The molecule has 0 fully saturated rings. The Morgan fingerprint density at radius 2 is 2.27 bits per heavy atom. The molecule has 1 atom stereocenters. The molecular formula is C10H18N3O2+. The molecule has 0 aromatic carbocycles. The Kier molecular flexibility index (Phi) is 3.47. The standard InChI is InChI=1S/C10H17N3O2/c1-13(2,3)6-8(10(14)15)4-9-5-11-7-12-9/h5,7-8H,4,6H2,1-3H3,(H-,11,12,14,15)/p+1. The lowest BCUT2D eigenvalue weighted by Crippen LogP contribution is -2.42. The normalized spacial score (nSPS) is 13.8. The minimum atomic E-state index is -0.752. The number of hydrogen-bond acceptors (Lipinski definition) is 2. The number of rotatable bonds is 5. The van der Waals surface area contributed by atoms with Crippen molar-refractivity contribution in [2.75, 3.05) is 27.7 Å². The number of aliphatic carboxylic acids is 1. The van der Waals surface area contributed by atoms with Gasteiger partial charge < -0.3 is 14.6 Å². The lowest BCUT2D eigenvalue weighted by molar-refractivity contribution is -0.872. The van der Waals surface area contributed by atoms with E-state index in [1.807, 2.05) is 21.1 Å². The monoisotopic (exact) mass is 212 g/mol. The third-order valence-corrected chi connectivity index (χ3v) is 2.14. The summed E-state index contributed by atoms with van der Waals surface area (Å²) in [7, 11) is 5.97. The van der Waals surface area contributed by atoms with Gasteiger partial charge in [0.2, 0.25) is 0 Å². The quantitative estimate of drug-likeness (QED) is 0.692. The van der Waals surface area contributed by atoms with Crippen LogP contribution < -0.4 is 0 Å². The predicted octanol–water partition coefficient (Wildman–Crippen LogP) is 0.359. The van der Waals surface area contributed by atoms with Crippen LogP contribution in [0.2, 0.25) is 0 Å². The van der Waals surface area contributed by atoms with Gasteiger partial charge >= 0.3 is 5.97 Å². The van der Waals surface area contributed by atoms with Crippen LogP contribution in [0, 0.1) is 5.92 Å². The molecule has 2 N–H and O–H groups in total. The van der Waals surface area contributed by atoms with Crippen LogP contribution in [0.15, 0.2) is 12.5 Å². The number of aromatic nitrogens is 2. The molecule has 0 radical (unpaired) electrons. The molecule has 15 heavy (non-hydrogen) atoms. The first-order chi connectivity index (χ1) is 6.88. The third kappa shape index (κ3) is 4.12. The smallest absolute Gasteiger partial charge is 0.312 e. The summed E-state index contributed by atoms with van der Waals surface area (Å²) in [6, 6.07) is 0. The van der Waals surface area contributed by atoms with Crippen LogP contribution in [0.3, 0.4) is 0 Å². The number of imidazole rings is 1. The second kappa shape index (κ2) is 4.44. The van der Waals surface area contributed by atoms with E-state index in [0.717, 1.165) is 5.69 Å². The number of quaternary nitrogens is 1. The summed E-state index contributed by atoms with van der Waals surface area (Å²) in [6.45, 7) is 0.606. The molecule has 1 heterocycles. The summed E-state index contributed by atoms with van der Waals surface area (Å²) in [4.78, 5) is 17.9. The van der Waals surface area contributed by atoms with Crippen LogP contribution in [0.1, 0.15) is 5.69 Å². The highest BCUT2D eigenvalue weighted by Gasteiger charge is 2.25. The van der Waals surface area contributed by atoms with E-state index in [0.29, 0.717) is 17.4 Å². The fourth-order valence-electron chi connectivity index (χ4n) is 1.55. The van der Waals surface area contributed by atoms with E-state index in [4.69, 9.17) is 5.11 Å². The summed E-state index contributed by atoms with van der Waals surface area (Å²) in [6.07, 6.45) is 3.75. The van der Waals surface area contributed by atoms with Gasteiger partial charge in [-0.1, -0.05) is 0 Å². The predicted molar refractivity (Wildman–Crippen MR) is 56.3 cm³/mol. The SMILES string of the molecule is C[N+](C)(C)CC(Cc1cnc[nH]1)C(=O)O. The van der Waals surface area contributed by atoms with Crippen molar-refractivity contribution < 1.29 is 14.4 Å². The summed E-state index contributed by atoms with van der Waals surface area (Å²) in [5.74, 6) is -1.12. The lowest BCUT2D eigenvalue weighted by Gasteiger charge is -2.27. The second-order valence-electron chi connectivity index (χ2n) is 4.79. The molecule has 0 bridgehead atoms. The van der Waals surface area contributed by atoms with E-state index in [-0.39, 0.29) is 5.92 Å². The molecule has 0 spiro atoms. The number of nitrogens with one attached hydrogen (secondary N) is 1. The van der Waals surface area contributed by atoms with Crippen molar-refractivity contribution in [1.82, 2.24) is 9.97 Å². The number of nitrogens with zero attached hydrogens (tertiary/aromatic N) is 2. The maximum atomic E-state index is 11.1. The van der Waals surface area contributed by atoms with Crippen molar-refractivity contribution in [3.8, 4) is 0 Å². The lowest BCUT2D eigenvalue weighted by atomic mass is 10.0. The van der Waals surface area contributed by atoms with E-state index in [2.05, 4.69) is 9.97 Å². The van der Waals surface area contributed by atoms with Gasteiger partial charge in [0.1, 0.15) is 5.92 Å². The van der Waals surface area contributed by atoms with Crippen molar-refractivity contribution in [3.05, 3.63) is 18.2 Å². The van der Waals surface area contributed by atoms with Gasteiger partial charge in [0.15, 0.2) is 0 Å². The molecule has 84 valence electrons. The molecule has 0 amide bonds. The number of carboxylic acid groups (broad SMARTS) is 1. The van der Waals surface area contributed by atoms with Crippen molar-refractivity contribution in [3.63, 3.8) is 0 Å². The summed E-state index contributed by atoms with van der Waals surface area (Å²) < 4.78 is 0.644. The maximum Gasteiger partial charge on any atom is 0.312 e. The van der Waals surface area contributed by atoms with Crippen molar-refractivity contribution in [1.29, 1.82) is 0 Å². The Morgan fingerprint density at radius 3 is 2.67 bits per heavy atom. The highest BCUT2D eigenvalue weighted by Crippen LogP contribution is 2.10. The Balaban J connectivity index is 2.63. The Labute approximate surface area is 89.3 Å². The Hall–Kier alpha value is -1.36. The number of aromatic amines is 1. The first kappa shape index (κ1) is 11.7. The van der Waals surface area contributed by atoms with Crippen LogP contribution >= 0.6 is 0 Å². The molecule has 1 aromatic rings.